The third-order valence-corrected chi connectivity index (χ3v) is 6.15. The van der Waals surface area contributed by atoms with E-state index in [2.05, 4.69) is 34.3 Å². The van der Waals surface area contributed by atoms with Crippen LogP contribution >= 0.6 is 11.8 Å². The number of pyridine rings is 1. The summed E-state index contributed by atoms with van der Waals surface area (Å²) in [6.45, 7) is 4.81. The number of amides is 1. The number of carbonyl (C=O) groups excluding carboxylic acids is 1. The molecule has 2 aromatic carbocycles. The van der Waals surface area contributed by atoms with Crippen molar-refractivity contribution < 1.29 is 9.53 Å². The Hall–Kier alpha value is -3.65. The highest BCUT2D eigenvalue weighted by Crippen LogP contribution is 2.33. The van der Waals surface area contributed by atoms with E-state index in [0.29, 0.717) is 29.6 Å². The summed E-state index contributed by atoms with van der Waals surface area (Å²) in [5.41, 5.74) is 3.52. The average molecular weight is 474 g/mol. The number of thioether (sulfide) groups is 1. The lowest BCUT2D eigenvalue weighted by Crippen LogP contribution is -2.27. The van der Waals surface area contributed by atoms with Gasteiger partial charge in [0.15, 0.2) is 11.0 Å². The Labute approximate surface area is 203 Å². The van der Waals surface area contributed by atoms with Crippen molar-refractivity contribution >= 4 is 17.7 Å². The summed E-state index contributed by atoms with van der Waals surface area (Å²) in [5, 5.41) is 12.7. The molecule has 34 heavy (non-hydrogen) atoms. The summed E-state index contributed by atoms with van der Waals surface area (Å²) in [6, 6.07) is 19.3. The minimum atomic E-state index is -0.0502. The highest BCUT2D eigenvalue weighted by atomic mass is 32.2. The molecule has 0 unspecified atom stereocenters. The van der Waals surface area contributed by atoms with Gasteiger partial charge < -0.3 is 10.1 Å². The monoisotopic (exact) mass is 473 g/mol. The van der Waals surface area contributed by atoms with Crippen LogP contribution in [0.25, 0.3) is 17.1 Å². The minimum Gasteiger partial charge on any atom is -0.495 e. The molecule has 7 nitrogen and oxygen atoms in total. The van der Waals surface area contributed by atoms with Crippen molar-refractivity contribution in [1.29, 1.82) is 0 Å². The maximum Gasteiger partial charge on any atom is 0.251 e. The zero-order valence-electron chi connectivity index (χ0n) is 19.4. The van der Waals surface area contributed by atoms with Gasteiger partial charge in [0.1, 0.15) is 5.75 Å². The van der Waals surface area contributed by atoms with Gasteiger partial charge in [-0.2, -0.15) is 0 Å². The molecule has 1 N–H and O–H groups in total. The number of hydrogen-bond donors (Lipinski definition) is 1. The highest BCUT2D eigenvalue weighted by molar-refractivity contribution is 7.98. The Bertz CT molecular complexity index is 1240. The predicted molar refractivity (Wildman–Crippen MR) is 134 cm³/mol. The number of nitrogens with one attached hydrogen (secondary N) is 1. The van der Waals surface area contributed by atoms with E-state index < -0.39 is 0 Å². The van der Waals surface area contributed by atoms with Gasteiger partial charge in [-0.3, -0.25) is 14.3 Å². The molecule has 4 rings (SSSR count). The lowest BCUT2D eigenvalue weighted by molar-refractivity contribution is 0.0949. The van der Waals surface area contributed by atoms with Crippen molar-refractivity contribution in [2.45, 2.75) is 24.8 Å². The van der Waals surface area contributed by atoms with Crippen LogP contribution in [-0.2, 0) is 5.75 Å². The molecule has 0 aliphatic rings. The molecule has 0 bridgehead atoms. The van der Waals surface area contributed by atoms with E-state index in [0.717, 1.165) is 27.7 Å². The lowest BCUT2D eigenvalue weighted by Gasteiger charge is -2.14. The molecule has 0 saturated heterocycles. The second-order valence-electron chi connectivity index (χ2n) is 8.14. The Morgan fingerprint density at radius 2 is 1.76 bits per heavy atom. The maximum absolute atomic E-state index is 12.3. The number of carbonyl (C=O) groups is 1. The number of nitrogens with zero attached hydrogens (tertiary/aromatic N) is 4. The van der Waals surface area contributed by atoms with E-state index in [9.17, 15) is 4.79 Å². The molecule has 1 amide bonds. The number of rotatable bonds is 9. The van der Waals surface area contributed by atoms with Crippen LogP contribution in [0.15, 0.2) is 78.2 Å². The standard InChI is InChI=1S/C26H27N5O2S/c1-18(2)16-28-25(32)21-10-8-19(9-11-21)17-34-26-30-29-24(20-12-14-27-15-13-20)31(26)22-6-4-5-7-23(22)33-3/h4-15,18H,16-17H2,1-3H3,(H,28,32). The number of methoxy groups -OCH3 is 1. The van der Waals surface area contributed by atoms with Crippen molar-refractivity contribution in [1.82, 2.24) is 25.1 Å². The van der Waals surface area contributed by atoms with Gasteiger partial charge in [0.2, 0.25) is 0 Å². The topological polar surface area (TPSA) is 81.9 Å². The van der Waals surface area contributed by atoms with Crippen molar-refractivity contribution in [2.75, 3.05) is 13.7 Å². The van der Waals surface area contributed by atoms with Gasteiger partial charge in [-0.05, 0) is 47.9 Å². The van der Waals surface area contributed by atoms with E-state index in [-0.39, 0.29) is 5.91 Å². The minimum absolute atomic E-state index is 0.0502. The quantitative estimate of drug-likeness (QED) is 0.344. The van der Waals surface area contributed by atoms with E-state index in [1.165, 1.54) is 0 Å². The van der Waals surface area contributed by atoms with Crippen molar-refractivity contribution in [3.05, 3.63) is 84.2 Å². The van der Waals surface area contributed by atoms with Crippen molar-refractivity contribution in [3.63, 3.8) is 0 Å². The summed E-state index contributed by atoms with van der Waals surface area (Å²) >= 11 is 1.58. The average Bonchev–Trinajstić information content (AvgIpc) is 3.30. The molecular formula is C26H27N5O2S. The Morgan fingerprint density at radius 1 is 1.03 bits per heavy atom. The van der Waals surface area contributed by atoms with Gasteiger partial charge in [0, 0.05) is 35.8 Å². The molecule has 0 saturated carbocycles. The van der Waals surface area contributed by atoms with E-state index >= 15 is 0 Å². The van der Waals surface area contributed by atoms with Gasteiger partial charge in [-0.1, -0.05) is 49.9 Å². The van der Waals surface area contributed by atoms with Crippen LogP contribution in [-0.4, -0.2) is 39.3 Å². The smallest absolute Gasteiger partial charge is 0.251 e. The first-order chi connectivity index (χ1) is 16.6. The van der Waals surface area contributed by atoms with Crippen LogP contribution < -0.4 is 10.1 Å². The fraction of sp³-hybridized carbons (Fsp3) is 0.231. The van der Waals surface area contributed by atoms with E-state index in [1.54, 1.807) is 31.3 Å². The van der Waals surface area contributed by atoms with Gasteiger partial charge in [0.05, 0.1) is 12.8 Å². The molecule has 0 fully saturated rings. The zero-order valence-corrected chi connectivity index (χ0v) is 20.2. The molecule has 2 aromatic heterocycles. The second kappa shape index (κ2) is 11.0. The molecular weight excluding hydrogens is 446 g/mol. The van der Waals surface area contributed by atoms with Crippen LogP contribution in [0.5, 0.6) is 5.75 Å². The largest absolute Gasteiger partial charge is 0.495 e. The van der Waals surface area contributed by atoms with Crippen LogP contribution in [0.1, 0.15) is 29.8 Å². The third-order valence-electron chi connectivity index (χ3n) is 5.15. The molecule has 0 aliphatic carbocycles. The maximum atomic E-state index is 12.3. The normalized spacial score (nSPS) is 10.9. The number of ether oxygens (including phenoxy) is 1. The van der Waals surface area contributed by atoms with Gasteiger partial charge in [-0.25, -0.2) is 0 Å². The summed E-state index contributed by atoms with van der Waals surface area (Å²) in [4.78, 5) is 16.4. The molecule has 4 aromatic rings. The third kappa shape index (κ3) is 5.46. The molecule has 0 radical (unpaired) electrons. The zero-order chi connectivity index (χ0) is 23.9. The molecule has 2 heterocycles. The number of benzene rings is 2. The summed E-state index contributed by atoms with van der Waals surface area (Å²) < 4.78 is 7.62. The van der Waals surface area contributed by atoms with Crippen LogP contribution in [0.2, 0.25) is 0 Å². The fourth-order valence-corrected chi connectivity index (χ4v) is 4.28. The van der Waals surface area contributed by atoms with Gasteiger partial charge in [-0.15, -0.1) is 10.2 Å². The van der Waals surface area contributed by atoms with Crippen molar-refractivity contribution in [3.8, 4) is 22.8 Å². The first-order valence-corrected chi connectivity index (χ1v) is 12.0. The Kier molecular flexibility index (Phi) is 7.59. The summed E-state index contributed by atoms with van der Waals surface area (Å²) in [7, 11) is 1.65. The van der Waals surface area contributed by atoms with E-state index in [1.807, 2.05) is 65.2 Å². The Balaban J connectivity index is 1.58. The fourth-order valence-electron chi connectivity index (χ4n) is 3.38. The Morgan fingerprint density at radius 3 is 2.47 bits per heavy atom. The number of para-hydroxylation sites is 2. The highest BCUT2D eigenvalue weighted by Gasteiger charge is 2.19. The number of hydrogen-bond acceptors (Lipinski definition) is 6. The second-order valence-corrected chi connectivity index (χ2v) is 9.08. The van der Waals surface area contributed by atoms with Gasteiger partial charge >= 0.3 is 0 Å². The van der Waals surface area contributed by atoms with Crippen molar-refractivity contribution in [2.24, 2.45) is 5.92 Å². The van der Waals surface area contributed by atoms with Crippen LogP contribution in [0.3, 0.4) is 0 Å². The first kappa shape index (κ1) is 23.5. The molecule has 0 aliphatic heterocycles. The van der Waals surface area contributed by atoms with Gasteiger partial charge in [0.25, 0.3) is 5.91 Å². The molecule has 8 heteroatoms. The molecule has 0 spiro atoms. The molecule has 0 atom stereocenters. The van der Waals surface area contributed by atoms with Crippen LogP contribution in [0.4, 0.5) is 0 Å². The summed E-state index contributed by atoms with van der Waals surface area (Å²) in [5.74, 6) is 2.49. The van der Waals surface area contributed by atoms with Crippen LogP contribution in [0, 0.1) is 5.92 Å². The molecule has 174 valence electrons. The number of aromatic nitrogens is 4. The van der Waals surface area contributed by atoms with E-state index in [4.69, 9.17) is 4.74 Å². The first-order valence-electron chi connectivity index (χ1n) is 11.1. The lowest BCUT2D eigenvalue weighted by atomic mass is 10.1. The predicted octanol–water partition coefficient (Wildman–Crippen LogP) is 5.02. The summed E-state index contributed by atoms with van der Waals surface area (Å²) in [6.07, 6.45) is 3.48. The SMILES string of the molecule is COc1ccccc1-n1c(SCc2ccc(C(=O)NCC(C)C)cc2)nnc1-c1ccncc1.